The molecule has 0 aromatic heterocycles. The minimum absolute atomic E-state index is 0.153. The number of likely N-dealkylation sites (N-methyl/N-ethyl adjacent to an activating group) is 1. The van der Waals surface area contributed by atoms with E-state index in [4.69, 9.17) is 0 Å². The van der Waals surface area contributed by atoms with Gasteiger partial charge in [-0.1, -0.05) is 0 Å². The number of Topliss-reactive ketones (excluding diaryl/α,β-unsaturated/α-hetero) is 1. The Labute approximate surface area is 101 Å². The van der Waals surface area contributed by atoms with E-state index in [1.807, 2.05) is 11.9 Å². The second kappa shape index (κ2) is 2.74. The molecule has 5 aliphatic rings. The minimum atomic E-state index is -0.230. The third-order valence-electron chi connectivity index (χ3n) is 5.78. The Morgan fingerprint density at radius 1 is 1.35 bits per heavy atom. The van der Waals surface area contributed by atoms with Crippen LogP contribution in [0, 0.1) is 5.92 Å². The largest absolute Gasteiger partial charge is 0.336 e. The van der Waals surface area contributed by atoms with Gasteiger partial charge < -0.3 is 4.90 Å². The molecular weight excluding hydrogens is 216 g/mol. The lowest BCUT2D eigenvalue weighted by atomic mass is 9.66. The Morgan fingerprint density at radius 2 is 2.18 bits per heavy atom. The van der Waals surface area contributed by atoms with Crippen molar-refractivity contribution in [2.45, 2.75) is 43.2 Å². The highest BCUT2D eigenvalue weighted by Gasteiger charge is 2.68. The van der Waals surface area contributed by atoms with Gasteiger partial charge in [-0.15, -0.1) is 0 Å². The summed E-state index contributed by atoms with van der Waals surface area (Å²) in [5, 5.41) is 0. The summed E-state index contributed by atoms with van der Waals surface area (Å²) in [5.41, 5.74) is -0.383. The average Bonchev–Trinajstić information content (AvgIpc) is 2.82. The van der Waals surface area contributed by atoms with Crippen LogP contribution in [-0.2, 0) is 9.59 Å². The van der Waals surface area contributed by atoms with Gasteiger partial charge >= 0.3 is 0 Å². The van der Waals surface area contributed by atoms with E-state index in [0.717, 1.165) is 32.4 Å². The Bertz CT molecular complexity index is 435. The van der Waals surface area contributed by atoms with E-state index in [1.54, 1.807) is 0 Å². The van der Waals surface area contributed by atoms with Crippen LogP contribution in [0.1, 0.15) is 32.1 Å². The number of carbonyl (C=O) groups is 2. The van der Waals surface area contributed by atoms with Gasteiger partial charge in [0.25, 0.3) is 0 Å². The predicted molar refractivity (Wildman–Crippen MR) is 61.4 cm³/mol. The Hall–Kier alpha value is -0.900. The molecule has 3 atom stereocenters. The molecule has 2 spiro atoms. The van der Waals surface area contributed by atoms with Crippen molar-refractivity contribution < 1.29 is 9.59 Å². The quantitative estimate of drug-likeness (QED) is 0.609. The Morgan fingerprint density at radius 3 is 3.00 bits per heavy atom. The first-order chi connectivity index (χ1) is 8.08. The van der Waals surface area contributed by atoms with E-state index in [1.165, 1.54) is 0 Å². The van der Waals surface area contributed by atoms with Crippen LogP contribution in [0.15, 0.2) is 0 Å². The summed E-state index contributed by atoms with van der Waals surface area (Å²) in [4.78, 5) is 28.7. The van der Waals surface area contributed by atoms with E-state index in [9.17, 15) is 9.59 Å². The zero-order valence-corrected chi connectivity index (χ0v) is 10.2. The van der Waals surface area contributed by atoms with Crippen molar-refractivity contribution in [2.24, 2.45) is 5.92 Å². The Balaban J connectivity index is 1.87. The van der Waals surface area contributed by atoms with Gasteiger partial charge in [-0.25, -0.2) is 0 Å². The van der Waals surface area contributed by atoms with Crippen molar-refractivity contribution in [1.82, 2.24) is 9.80 Å². The molecule has 0 unspecified atom stereocenters. The number of fused-ring (bicyclic) bond motifs is 1. The first-order valence-corrected chi connectivity index (χ1v) is 6.64. The van der Waals surface area contributed by atoms with Gasteiger partial charge in [0.15, 0.2) is 0 Å². The van der Waals surface area contributed by atoms with E-state index >= 15 is 0 Å². The number of hydrogen-bond acceptors (Lipinski definition) is 3. The molecule has 0 radical (unpaired) electrons. The van der Waals surface area contributed by atoms with Crippen molar-refractivity contribution in [3.8, 4) is 0 Å². The maximum Gasteiger partial charge on any atom is 0.243 e. The zero-order valence-electron chi connectivity index (χ0n) is 10.2. The van der Waals surface area contributed by atoms with E-state index in [2.05, 4.69) is 4.90 Å². The van der Waals surface area contributed by atoms with Crippen molar-refractivity contribution >= 4 is 11.7 Å². The summed E-state index contributed by atoms with van der Waals surface area (Å²) in [5.74, 6) is 1.06. The first-order valence-electron chi connectivity index (χ1n) is 6.64. The SMILES string of the molecule is CN1C(=O)[C@]23CCCN2C[C@]12CC(=O)C[C@H]2C3. The monoisotopic (exact) mass is 234 g/mol. The van der Waals surface area contributed by atoms with E-state index in [0.29, 0.717) is 24.5 Å². The molecule has 2 bridgehead atoms. The summed E-state index contributed by atoms with van der Waals surface area (Å²) in [6, 6.07) is 0. The molecule has 1 aliphatic carbocycles. The molecule has 4 aliphatic heterocycles. The van der Waals surface area contributed by atoms with Gasteiger partial charge in [0.2, 0.25) is 5.91 Å². The number of amides is 1. The van der Waals surface area contributed by atoms with Crippen molar-refractivity contribution in [3.05, 3.63) is 0 Å². The lowest BCUT2D eigenvalue weighted by Gasteiger charge is -2.62. The van der Waals surface area contributed by atoms with Crippen molar-refractivity contribution in [1.29, 1.82) is 0 Å². The third-order valence-corrected chi connectivity index (χ3v) is 5.78. The number of nitrogens with zero attached hydrogens (tertiary/aromatic N) is 2. The number of rotatable bonds is 0. The van der Waals surface area contributed by atoms with Crippen molar-refractivity contribution in [2.75, 3.05) is 20.1 Å². The molecule has 4 heterocycles. The van der Waals surface area contributed by atoms with Gasteiger partial charge in [-0.3, -0.25) is 14.5 Å². The molecule has 4 heteroatoms. The summed E-state index contributed by atoms with van der Waals surface area (Å²) in [6.07, 6.45) is 4.36. The predicted octanol–water partition coefficient (Wildman–Crippen LogP) is 0.415. The van der Waals surface area contributed by atoms with E-state index in [-0.39, 0.29) is 17.0 Å². The number of carbonyl (C=O) groups excluding carboxylic acids is 2. The van der Waals surface area contributed by atoms with Gasteiger partial charge in [-0.05, 0) is 31.7 Å². The molecule has 0 N–H and O–H groups in total. The maximum absolute atomic E-state index is 12.6. The fourth-order valence-electron chi connectivity index (χ4n) is 4.95. The first kappa shape index (κ1) is 10.1. The smallest absolute Gasteiger partial charge is 0.243 e. The van der Waals surface area contributed by atoms with Crippen LogP contribution in [0.25, 0.3) is 0 Å². The van der Waals surface area contributed by atoms with Gasteiger partial charge in [0.05, 0.1) is 5.54 Å². The molecule has 17 heavy (non-hydrogen) atoms. The van der Waals surface area contributed by atoms with E-state index < -0.39 is 0 Å². The zero-order chi connectivity index (χ0) is 11.8. The Kier molecular flexibility index (Phi) is 1.62. The van der Waals surface area contributed by atoms with Crippen LogP contribution in [0.3, 0.4) is 0 Å². The summed E-state index contributed by atoms with van der Waals surface area (Å²) in [7, 11) is 1.92. The molecule has 5 fully saturated rings. The fraction of sp³-hybridized carbons (Fsp3) is 0.846. The normalized spacial score (nSPS) is 48.8. The maximum atomic E-state index is 12.6. The van der Waals surface area contributed by atoms with Gasteiger partial charge in [-0.2, -0.15) is 0 Å². The molecule has 0 aromatic rings. The van der Waals surface area contributed by atoms with Crippen molar-refractivity contribution in [3.63, 3.8) is 0 Å². The third kappa shape index (κ3) is 0.919. The number of piperazine rings is 1. The van der Waals surface area contributed by atoms with Crippen LogP contribution >= 0.6 is 0 Å². The lowest BCUT2D eigenvalue weighted by Crippen LogP contribution is -2.77. The number of piperidine rings is 2. The summed E-state index contributed by atoms with van der Waals surface area (Å²) in [6.45, 7) is 1.98. The molecule has 4 saturated heterocycles. The molecule has 5 rings (SSSR count). The highest BCUT2D eigenvalue weighted by molar-refractivity contribution is 5.93. The molecule has 4 nitrogen and oxygen atoms in total. The second-order valence-electron chi connectivity index (χ2n) is 6.35. The molecular formula is C13H18N2O2. The fourth-order valence-corrected chi connectivity index (χ4v) is 4.95. The summed E-state index contributed by atoms with van der Waals surface area (Å²) >= 11 is 0. The highest BCUT2D eigenvalue weighted by Crippen LogP contribution is 2.56. The van der Waals surface area contributed by atoms with Crippen LogP contribution in [0.2, 0.25) is 0 Å². The highest BCUT2D eigenvalue weighted by atomic mass is 16.2. The standard InChI is InChI=1S/C13H18N2O2/c1-14-11(17)12-3-2-4-15(12)8-13(14)7-10(16)5-9(13)6-12/h9H,2-8H2,1H3/t9-,12+,13-/m0/s1. The molecule has 92 valence electrons. The topological polar surface area (TPSA) is 40.6 Å². The minimum Gasteiger partial charge on any atom is -0.336 e. The molecule has 1 saturated carbocycles. The summed E-state index contributed by atoms with van der Waals surface area (Å²) < 4.78 is 0. The van der Waals surface area contributed by atoms with Gasteiger partial charge in [0.1, 0.15) is 11.3 Å². The van der Waals surface area contributed by atoms with Crippen LogP contribution in [0.5, 0.6) is 0 Å². The number of ketones is 1. The van der Waals surface area contributed by atoms with Gasteiger partial charge in [0, 0.05) is 26.4 Å². The molecule has 1 amide bonds. The number of hydrogen-bond donors (Lipinski definition) is 0. The second-order valence-corrected chi connectivity index (χ2v) is 6.35. The van der Waals surface area contributed by atoms with Crippen LogP contribution in [-0.4, -0.2) is 52.7 Å². The van der Waals surface area contributed by atoms with Crippen LogP contribution in [0.4, 0.5) is 0 Å². The lowest BCUT2D eigenvalue weighted by molar-refractivity contribution is -0.179. The van der Waals surface area contributed by atoms with Crippen LogP contribution < -0.4 is 0 Å². The average molecular weight is 234 g/mol. The molecule has 0 aromatic carbocycles.